The maximum absolute atomic E-state index is 12.2. The lowest BCUT2D eigenvalue weighted by atomic mass is 10.1. The van der Waals surface area contributed by atoms with Gasteiger partial charge in [0.15, 0.2) is 5.96 Å². The van der Waals surface area contributed by atoms with Gasteiger partial charge in [0, 0.05) is 56.5 Å². The summed E-state index contributed by atoms with van der Waals surface area (Å²) >= 11 is 5.97. The van der Waals surface area contributed by atoms with Gasteiger partial charge in [-0.25, -0.2) is 4.79 Å². The average Bonchev–Trinajstić information content (AvgIpc) is 3.15. The van der Waals surface area contributed by atoms with Crippen LogP contribution < -0.4 is 10.6 Å². The van der Waals surface area contributed by atoms with Crippen LogP contribution in [0.15, 0.2) is 29.3 Å². The fourth-order valence-electron chi connectivity index (χ4n) is 3.64. The number of carbonyl (C=O) groups is 1. The molecule has 2 aliphatic heterocycles. The third-order valence-corrected chi connectivity index (χ3v) is 5.50. The molecule has 1 aromatic rings. The number of likely N-dealkylation sites (tertiary alicyclic amines) is 1. The van der Waals surface area contributed by atoms with Crippen molar-refractivity contribution in [2.75, 3.05) is 50.7 Å². The Kier molecular flexibility index (Phi) is 6.77. The topological polar surface area (TPSA) is 74.4 Å². The summed E-state index contributed by atoms with van der Waals surface area (Å²) in [6.07, 6.45) is 0.690. The summed E-state index contributed by atoms with van der Waals surface area (Å²) < 4.78 is 5.45. The standard InChI is InChI=1S/C21H32ClN5O2/c1-21(2,3)29-20(28)27-9-8-16(15-27)14-24-19(23)26-12-10-25(11-13-26)18-6-4-17(22)5-7-18/h4-7,16H,8-15H2,1-3H3,(H2,23,24). The molecule has 0 spiro atoms. The second-order valence-corrected chi connectivity index (χ2v) is 9.17. The van der Waals surface area contributed by atoms with E-state index in [4.69, 9.17) is 22.1 Å². The second kappa shape index (κ2) is 9.11. The first kappa shape index (κ1) is 21.6. The van der Waals surface area contributed by atoms with Crippen LogP contribution in [0.3, 0.4) is 0 Å². The Morgan fingerprint density at radius 3 is 2.41 bits per heavy atom. The number of carbonyl (C=O) groups excluding carboxylic acids is 1. The predicted molar refractivity (Wildman–Crippen MR) is 118 cm³/mol. The van der Waals surface area contributed by atoms with E-state index in [0.717, 1.165) is 44.2 Å². The van der Waals surface area contributed by atoms with Crippen LogP contribution in [0.4, 0.5) is 10.5 Å². The Bertz CT molecular complexity index is 724. The Hall–Kier alpha value is -2.15. The Morgan fingerprint density at radius 1 is 1.14 bits per heavy atom. The monoisotopic (exact) mass is 421 g/mol. The van der Waals surface area contributed by atoms with E-state index in [9.17, 15) is 4.79 Å². The summed E-state index contributed by atoms with van der Waals surface area (Å²) in [5.74, 6) is 0.924. The van der Waals surface area contributed by atoms with Crippen molar-refractivity contribution in [2.45, 2.75) is 32.8 Å². The second-order valence-electron chi connectivity index (χ2n) is 8.73. The van der Waals surface area contributed by atoms with Crippen LogP contribution in [0.5, 0.6) is 0 Å². The highest BCUT2D eigenvalue weighted by Crippen LogP contribution is 2.21. The van der Waals surface area contributed by atoms with Crippen molar-refractivity contribution in [3.8, 4) is 0 Å². The smallest absolute Gasteiger partial charge is 0.410 e. The minimum absolute atomic E-state index is 0.240. The molecule has 0 radical (unpaired) electrons. The number of anilines is 1. The zero-order valence-corrected chi connectivity index (χ0v) is 18.4. The van der Waals surface area contributed by atoms with Gasteiger partial charge in [0.25, 0.3) is 0 Å². The van der Waals surface area contributed by atoms with Gasteiger partial charge in [-0.1, -0.05) is 11.6 Å². The summed E-state index contributed by atoms with van der Waals surface area (Å²) in [6, 6.07) is 7.93. The largest absolute Gasteiger partial charge is 0.444 e. The lowest BCUT2D eigenvalue weighted by molar-refractivity contribution is 0.0289. The number of hydrogen-bond acceptors (Lipinski definition) is 4. The molecule has 2 saturated heterocycles. The molecular weight excluding hydrogens is 390 g/mol. The van der Waals surface area contributed by atoms with E-state index in [-0.39, 0.29) is 6.09 Å². The van der Waals surface area contributed by atoms with Gasteiger partial charge in [0.05, 0.1) is 0 Å². The summed E-state index contributed by atoms with van der Waals surface area (Å²) in [5, 5.41) is 0.751. The first-order chi connectivity index (χ1) is 13.7. The molecule has 2 heterocycles. The molecule has 2 fully saturated rings. The van der Waals surface area contributed by atoms with Crippen LogP contribution in [-0.2, 0) is 4.74 Å². The molecule has 0 aliphatic carbocycles. The summed E-state index contributed by atoms with van der Waals surface area (Å²) in [6.45, 7) is 11.2. The van der Waals surface area contributed by atoms with Crippen LogP contribution in [-0.4, -0.2) is 73.3 Å². The molecule has 29 heavy (non-hydrogen) atoms. The SMILES string of the molecule is CC(C)(C)OC(=O)N1CCC(CN=C(N)N2CCN(c3ccc(Cl)cc3)CC2)C1. The third-order valence-electron chi connectivity index (χ3n) is 5.24. The Labute approximate surface area is 178 Å². The van der Waals surface area contributed by atoms with Crippen molar-refractivity contribution in [1.29, 1.82) is 0 Å². The van der Waals surface area contributed by atoms with E-state index in [2.05, 4.69) is 14.8 Å². The lowest BCUT2D eigenvalue weighted by Gasteiger charge is -2.36. The van der Waals surface area contributed by atoms with Crippen LogP contribution >= 0.6 is 11.6 Å². The van der Waals surface area contributed by atoms with Gasteiger partial charge < -0.3 is 25.2 Å². The van der Waals surface area contributed by atoms with Crippen molar-refractivity contribution >= 4 is 29.3 Å². The molecule has 1 unspecified atom stereocenters. The van der Waals surface area contributed by atoms with Crippen molar-refractivity contribution in [3.05, 3.63) is 29.3 Å². The first-order valence-electron chi connectivity index (χ1n) is 10.2. The van der Waals surface area contributed by atoms with Crippen LogP contribution in [0.1, 0.15) is 27.2 Å². The Balaban J connectivity index is 1.44. The van der Waals surface area contributed by atoms with E-state index >= 15 is 0 Å². The third kappa shape index (κ3) is 6.16. The van der Waals surface area contributed by atoms with E-state index in [0.29, 0.717) is 25.0 Å². The fraction of sp³-hybridized carbons (Fsp3) is 0.619. The minimum atomic E-state index is -0.466. The molecule has 0 bridgehead atoms. The molecule has 2 aliphatic rings. The molecule has 8 heteroatoms. The molecule has 0 saturated carbocycles. The van der Waals surface area contributed by atoms with Gasteiger partial charge >= 0.3 is 6.09 Å². The van der Waals surface area contributed by atoms with Gasteiger partial charge in [-0.15, -0.1) is 0 Å². The fourth-order valence-corrected chi connectivity index (χ4v) is 3.77. The van der Waals surface area contributed by atoms with E-state index in [1.54, 1.807) is 4.90 Å². The number of halogens is 1. The van der Waals surface area contributed by atoms with Crippen LogP contribution in [0.2, 0.25) is 5.02 Å². The molecule has 0 aromatic heterocycles. The molecule has 160 valence electrons. The highest BCUT2D eigenvalue weighted by Gasteiger charge is 2.29. The maximum atomic E-state index is 12.2. The van der Waals surface area contributed by atoms with Crippen molar-refractivity contribution < 1.29 is 9.53 Å². The number of piperazine rings is 1. The number of aliphatic imine (C=N–C) groups is 1. The number of nitrogens with zero attached hydrogens (tertiary/aromatic N) is 4. The number of benzene rings is 1. The van der Waals surface area contributed by atoms with Crippen molar-refractivity contribution in [1.82, 2.24) is 9.80 Å². The zero-order valence-electron chi connectivity index (χ0n) is 17.6. The molecule has 3 rings (SSSR count). The summed E-state index contributed by atoms with van der Waals surface area (Å²) in [7, 11) is 0. The molecule has 2 N–H and O–H groups in total. The van der Waals surface area contributed by atoms with Crippen LogP contribution in [0.25, 0.3) is 0 Å². The van der Waals surface area contributed by atoms with Crippen LogP contribution in [0, 0.1) is 5.92 Å². The van der Waals surface area contributed by atoms with Crippen molar-refractivity contribution in [2.24, 2.45) is 16.6 Å². The van der Waals surface area contributed by atoms with Crippen molar-refractivity contribution in [3.63, 3.8) is 0 Å². The Morgan fingerprint density at radius 2 is 1.79 bits per heavy atom. The highest BCUT2D eigenvalue weighted by molar-refractivity contribution is 6.30. The molecule has 1 atom stereocenters. The quantitative estimate of drug-likeness (QED) is 0.599. The predicted octanol–water partition coefficient (Wildman–Crippen LogP) is 3.03. The van der Waals surface area contributed by atoms with E-state index < -0.39 is 5.60 Å². The molecule has 1 amide bonds. The number of nitrogens with two attached hydrogens (primary N) is 1. The maximum Gasteiger partial charge on any atom is 0.410 e. The average molecular weight is 422 g/mol. The first-order valence-corrected chi connectivity index (χ1v) is 10.6. The van der Waals surface area contributed by atoms with Gasteiger partial charge in [0.2, 0.25) is 0 Å². The highest BCUT2D eigenvalue weighted by atomic mass is 35.5. The van der Waals surface area contributed by atoms with Gasteiger partial charge in [-0.05, 0) is 57.4 Å². The minimum Gasteiger partial charge on any atom is -0.444 e. The molecule has 7 nitrogen and oxygen atoms in total. The summed E-state index contributed by atoms with van der Waals surface area (Å²) in [4.78, 5) is 23.0. The number of ether oxygens (including phenoxy) is 1. The van der Waals surface area contributed by atoms with Gasteiger partial charge in [-0.2, -0.15) is 0 Å². The summed E-state index contributed by atoms with van der Waals surface area (Å²) in [5.41, 5.74) is 6.96. The normalized spacial score (nSPS) is 20.9. The van der Waals surface area contributed by atoms with E-state index in [1.807, 2.05) is 45.0 Å². The van der Waals surface area contributed by atoms with Gasteiger partial charge in [-0.3, -0.25) is 4.99 Å². The number of amides is 1. The van der Waals surface area contributed by atoms with E-state index in [1.165, 1.54) is 5.69 Å². The molecule has 1 aromatic carbocycles. The molecular formula is C21H32ClN5O2. The zero-order chi connectivity index (χ0) is 21.0. The lowest BCUT2D eigenvalue weighted by Crippen LogP contribution is -2.51. The number of guanidine groups is 1. The number of hydrogen-bond donors (Lipinski definition) is 1. The number of rotatable bonds is 3. The van der Waals surface area contributed by atoms with Gasteiger partial charge in [0.1, 0.15) is 5.60 Å².